The number of aromatic nitrogens is 5. The van der Waals surface area contributed by atoms with Crippen LogP contribution in [0.2, 0.25) is 0 Å². The zero-order valence-corrected chi connectivity index (χ0v) is 17.7. The molecule has 33 heavy (non-hydrogen) atoms. The molecule has 3 N–H and O–H groups in total. The van der Waals surface area contributed by atoms with Crippen molar-refractivity contribution >= 4 is 22.9 Å². The molecule has 1 aliphatic heterocycles. The number of carbonyl (C=O) groups excluding carboxylic acids is 1. The molecule has 5 rings (SSSR count). The van der Waals surface area contributed by atoms with Crippen LogP contribution >= 0.6 is 0 Å². The lowest BCUT2D eigenvalue weighted by Gasteiger charge is -2.35. The molecule has 0 aromatic carbocycles. The Morgan fingerprint density at radius 3 is 2.70 bits per heavy atom. The fourth-order valence-electron chi connectivity index (χ4n) is 4.10. The van der Waals surface area contributed by atoms with Gasteiger partial charge in [0.25, 0.3) is 5.91 Å². The fraction of sp³-hybridized carbons (Fsp3) is 0.217. The number of pyridine rings is 3. The number of amides is 1. The second-order valence-electron chi connectivity index (χ2n) is 7.76. The van der Waals surface area contributed by atoms with Crippen molar-refractivity contribution in [3.8, 4) is 17.5 Å². The Morgan fingerprint density at radius 1 is 1.12 bits per heavy atom. The molecule has 0 radical (unpaired) electrons. The van der Waals surface area contributed by atoms with Crippen LogP contribution in [0.4, 0.5) is 5.82 Å². The molecule has 5 heterocycles. The van der Waals surface area contributed by atoms with E-state index < -0.39 is 0 Å². The molecule has 4 aromatic rings. The average molecular weight is 439 g/mol. The number of rotatable bonds is 4. The van der Waals surface area contributed by atoms with Crippen LogP contribution in [0.25, 0.3) is 22.6 Å². The third kappa shape index (κ3) is 3.80. The monoisotopic (exact) mass is 439 g/mol. The summed E-state index contributed by atoms with van der Waals surface area (Å²) in [6.45, 7) is 1.36. The Hall–Kier alpha value is -4.52. The van der Waals surface area contributed by atoms with Gasteiger partial charge in [-0.25, -0.2) is 19.6 Å². The zero-order valence-electron chi connectivity index (χ0n) is 17.7. The molecule has 0 aliphatic carbocycles. The first kappa shape index (κ1) is 20.4. The highest BCUT2D eigenvalue weighted by atomic mass is 16.1. The van der Waals surface area contributed by atoms with Crippen LogP contribution in [0.5, 0.6) is 0 Å². The maximum absolute atomic E-state index is 12.7. The van der Waals surface area contributed by atoms with Gasteiger partial charge in [0.05, 0.1) is 16.7 Å². The predicted octanol–water partition coefficient (Wildman–Crippen LogP) is 1.87. The summed E-state index contributed by atoms with van der Waals surface area (Å²) in [6.07, 6.45) is 7.77. The molecule has 0 unspecified atom stereocenters. The van der Waals surface area contributed by atoms with Crippen molar-refractivity contribution < 1.29 is 4.79 Å². The quantitative estimate of drug-likeness (QED) is 0.491. The molecule has 10 heteroatoms. The molecule has 1 fully saturated rings. The third-order valence-electron chi connectivity index (χ3n) is 5.75. The number of nitriles is 1. The summed E-state index contributed by atoms with van der Waals surface area (Å²) in [5, 5.41) is 14.5. The molecule has 0 bridgehead atoms. The second kappa shape index (κ2) is 8.55. The van der Waals surface area contributed by atoms with Gasteiger partial charge in [-0.2, -0.15) is 5.26 Å². The van der Waals surface area contributed by atoms with Crippen LogP contribution < -0.4 is 16.1 Å². The summed E-state index contributed by atoms with van der Waals surface area (Å²) in [5.74, 6) is 0.833. The molecule has 1 aliphatic rings. The van der Waals surface area contributed by atoms with Crippen molar-refractivity contribution in [1.29, 1.82) is 5.26 Å². The molecular formula is C23H21N9O. The maximum Gasteiger partial charge on any atom is 0.252 e. The molecule has 0 saturated carbocycles. The number of nitrogen functional groups attached to an aromatic ring is 1. The van der Waals surface area contributed by atoms with Gasteiger partial charge in [0.1, 0.15) is 17.4 Å². The van der Waals surface area contributed by atoms with Gasteiger partial charge >= 0.3 is 0 Å². The summed E-state index contributed by atoms with van der Waals surface area (Å²) < 4.78 is 2.00. The van der Waals surface area contributed by atoms with Crippen LogP contribution in [-0.2, 0) is 0 Å². The van der Waals surface area contributed by atoms with Gasteiger partial charge in [0.2, 0.25) is 0 Å². The van der Waals surface area contributed by atoms with E-state index in [4.69, 9.17) is 10.7 Å². The van der Waals surface area contributed by atoms with Crippen LogP contribution in [0.1, 0.15) is 28.8 Å². The molecule has 10 nitrogen and oxygen atoms in total. The number of anilines is 1. The highest BCUT2D eigenvalue weighted by Crippen LogP contribution is 2.28. The summed E-state index contributed by atoms with van der Waals surface area (Å²) >= 11 is 0. The molecule has 0 atom stereocenters. The average Bonchev–Trinajstić information content (AvgIpc) is 3.24. The topological polar surface area (TPSA) is 139 Å². The lowest BCUT2D eigenvalue weighted by Crippen LogP contribution is -2.48. The highest BCUT2D eigenvalue weighted by Gasteiger charge is 2.26. The van der Waals surface area contributed by atoms with E-state index >= 15 is 0 Å². The number of nitrogens with one attached hydrogen (secondary N) is 1. The van der Waals surface area contributed by atoms with Crippen LogP contribution in [0.15, 0.2) is 55.1 Å². The van der Waals surface area contributed by atoms with E-state index in [-0.39, 0.29) is 17.5 Å². The zero-order chi connectivity index (χ0) is 22.8. The first-order valence-electron chi connectivity index (χ1n) is 10.6. The number of hydrogen-bond donors (Lipinski definition) is 2. The van der Waals surface area contributed by atoms with E-state index in [2.05, 4.69) is 25.3 Å². The van der Waals surface area contributed by atoms with Gasteiger partial charge in [-0.05, 0) is 43.2 Å². The Kier molecular flexibility index (Phi) is 5.28. The van der Waals surface area contributed by atoms with Gasteiger partial charge < -0.3 is 16.1 Å². The van der Waals surface area contributed by atoms with E-state index in [0.29, 0.717) is 30.3 Å². The van der Waals surface area contributed by atoms with Crippen LogP contribution in [0.3, 0.4) is 0 Å². The highest BCUT2D eigenvalue weighted by molar-refractivity contribution is 5.96. The van der Waals surface area contributed by atoms with Gasteiger partial charge in [-0.3, -0.25) is 9.78 Å². The first-order valence-corrected chi connectivity index (χ1v) is 10.6. The van der Waals surface area contributed by atoms with E-state index in [1.54, 1.807) is 18.5 Å². The van der Waals surface area contributed by atoms with E-state index in [1.165, 1.54) is 12.4 Å². The number of hydrogen-bond acceptors (Lipinski definition) is 8. The molecule has 164 valence electrons. The minimum Gasteiger partial charge on any atom is -0.383 e. The largest absolute Gasteiger partial charge is 0.383 e. The number of carbonyl (C=O) groups is 1. The number of nitrogens with zero attached hydrogens (tertiary/aromatic N) is 7. The summed E-state index contributed by atoms with van der Waals surface area (Å²) in [7, 11) is 0. The number of nitrogens with two attached hydrogens (primary N) is 1. The smallest absolute Gasteiger partial charge is 0.252 e. The maximum atomic E-state index is 12.7. The number of imidazole rings is 1. The van der Waals surface area contributed by atoms with Crippen LogP contribution in [0, 0.1) is 11.3 Å². The van der Waals surface area contributed by atoms with Crippen LogP contribution in [-0.4, -0.2) is 49.7 Å². The minimum absolute atomic E-state index is 0.0110. The molecule has 4 aromatic heterocycles. The van der Waals surface area contributed by atoms with Crippen molar-refractivity contribution in [3.05, 3.63) is 66.2 Å². The Balaban J connectivity index is 1.38. The Morgan fingerprint density at radius 2 is 1.91 bits per heavy atom. The Labute approximate surface area is 189 Å². The van der Waals surface area contributed by atoms with Gasteiger partial charge in [0, 0.05) is 43.9 Å². The van der Waals surface area contributed by atoms with Crippen molar-refractivity contribution in [2.24, 2.45) is 0 Å². The fourth-order valence-corrected chi connectivity index (χ4v) is 4.10. The van der Waals surface area contributed by atoms with Crippen molar-refractivity contribution in [1.82, 2.24) is 29.9 Å². The molecular weight excluding hydrogens is 418 g/mol. The van der Waals surface area contributed by atoms with Gasteiger partial charge in [0.15, 0.2) is 11.5 Å². The van der Waals surface area contributed by atoms with Crippen molar-refractivity contribution in [3.63, 3.8) is 0 Å². The number of fused-ring (bicyclic) bond motifs is 1. The van der Waals surface area contributed by atoms with E-state index in [1.807, 2.05) is 35.0 Å². The Bertz CT molecular complexity index is 1370. The third-order valence-corrected chi connectivity index (χ3v) is 5.75. The van der Waals surface area contributed by atoms with Crippen molar-refractivity contribution in [2.45, 2.75) is 18.9 Å². The second-order valence-corrected chi connectivity index (χ2v) is 7.76. The molecule has 0 spiro atoms. The van der Waals surface area contributed by atoms with Gasteiger partial charge in [-0.15, -0.1) is 0 Å². The summed E-state index contributed by atoms with van der Waals surface area (Å²) in [6, 6.07) is 11.1. The lowest BCUT2D eigenvalue weighted by molar-refractivity contribution is 0.0929. The minimum atomic E-state index is -0.258. The first-order chi connectivity index (χ1) is 16.2. The summed E-state index contributed by atoms with van der Waals surface area (Å²) in [4.78, 5) is 30.2. The van der Waals surface area contributed by atoms with E-state index in [9.17, 15) is 10.1 Å². The summed E-state index contributed by atoms with van der Waals surface area (Å²) in [5.41, 5.74) is 9.02. The molecule has 1 amide bonds. The van der Waals surface area contributed by atoms with Crippen molar-refractivity contribution in [2.75, 3.05) is 23.8 Å². The number of piperidine rings is 1. The standard InChI is InChI=1S/C23H21N9O/c24-13-15-14-26-10-5-17(15)23(33)29-16-6-11-31(12-7-16)32-21(18-3-1-8-27-20(18)25)30-19-4-2-9-28-22(19)32/h1-5,8-10,14,16H,6-7,11-12H2,(H2,25,27)(H,29,33). The van der Waals surface area contributed by atoms with E-state index in [0.717, 1.165) is 29.6 Å². The predicted molar refractivity (Wildman–Crippen MR) is 123 cm³/mol. The lowest BCUT2D eigenvalue weighted by atomic mass is 10.0. The normalized spacial score (nSPS) is 14.2. The van der Waals surface area contributed by atoms with Gasteiger partial charge in [-0.1, -0.05) is 0 Å². The molecule has 1 saturated heterocycles. The SMILES string of the molecule is N#Cc1cnccc1C(=O)NC1CCN(n2c(-c3cccnc3N)nc3cccnc32)CC1.